The van der Waals surface area contributed by atoms with Crippen molar-refractivity contribution < 1.29 is 9.59 Å². The van der Waals surface area contributed by atoms with Gasteiger partial charge in [0.2, 0.25) is 5.91 Å². The summed E-state index contributed by atoms with van der Waals surface area (Å²) in [6.07, 6.45) is 5.16. The van der Waals surface area contributed by atoms with E-state index in [2.05, 4.69) is 17.2 Å². The highest BCUT2D eigenvalue weighted by Gasteiger charge is 2.49. The zero-order chi connectivity index (χ0) is 18.9. The molecule has 2 amide bonds. The Morgan fingerprint density at radius 2 is 1.96 bits per heavy atom. The standard InChI is InChI=1S/C21H26N4O2/c1-23-18(8-12-22-23)19(26)25-15-11-21(16-25)10-5-13-24(20(21)27)14-9-17-6-3-2-4-7-17/h2-4,6-8,12H,5,9-11,13-16H2,1H3/t21-/m1/s1. The summed E-state index contributed by atoms with van der Waals surface area (Å²) in [6.45, 7) is 2.74. The zero-order valence-corrected chi connectivity index (χ0v) is 15.8. The van der Waals surface area contributed by atoms with Gasteiger partial charge in [-0.25, -0.2) is 0 Å². The first-order valence-electron chi connectivity index (χ1n) is 9.70. The molecule has 4 rings (SSSR count). The Kier molecular flexibility index (Phi) is 4.72. The van der Waals surface area contributed by atoms with Crippen molar-refractivity contribution in [3.05, 3.63) is 53.9 Å². The summed E-state index contributed by atoms with van der Waals surface area (Å²) in [5.74, 6) is 0.200. The molecule has 0 radical (unpaired) electrons. The summed E-state index contributed by atoms with van der Waals surface area (Å²) < 4.78 is 1.60. The molecular weight excluding hydrogens is 340 g/mol. The first-order valence-corrected chi connectivity index (χ1v) is 9.70. The van der Waals surface area contributed by atoms with E-state index in [-0.39, 0.29) is 11.8 Å². The smallest absolute Gasteiger partial charge is 0.272 e. The first-order chi connectivity index (χ1) is 13.1. The van der Waals surface area contributed by atoms with Gasteiger partial charge in [-0.1, -0.05) is 30.3 Å². The number of carbonyl (C=O) groups is 2. The third kappa shape index (κ3) is 3.36. The molecule has 1 aromatic carbocycles. The largest absolute Gasteiger partial charge is 0.342 e. The van der Waals surface area contributed by atoms with Gasteiger partial charge in [-0.05, 0) is 37.3 Å². The van der Waals surface area contributed by atoms with E-state index in [0.29, 0.717) is 18.8 Å². The number of hydrogen-bond donors (Lipinski definition) is 0. The quantitative estimate of drug-likeness (QED) is 0.833. The fourth-order valence-electron chi connectivity index (χ4n) is 4.44. The van der Waals surface area contributed by atoms with Crippen molar-refractivity contribution in [2.45, 2.75) is 25.7 Å². The minimum atomic E-state index is -0.400. The number of likely N-dealkylation sites (tertiary alicyclic amines) is 2. The molecule has 1 atom stereocenters. The van der Waals surface area contributed by atoms with Crippen LogP contribution in [0, 0.1) is 5.41 Å². The minimum Gasteiger partial charge on any atom is -0.342 e. The van der Waals surface area contributed by atoms with Crippen molar-refractivity contribution in [1.82, 2.24) is 19.6 Å². The molecule has 1 spiro atoms. The fourth-order valence-corrected chi connectivity index (χ4v) is 4.44. The summed E-state index contributed by atoms with van der Waals surface area (Å²) in [6, 6.07) is 12.0. The number of aromatic nitrogens is 2. The topological polar surface area (TPSA) is 58.4 Å². The highest BCUT2D eigenvalue weighted by atomic mass is 16.2. The van der Waals surface area contributed by atoms with Crippen LogP contribution in [0.1, 0.15) is 35.3 Å². The van der Waals surface area contributed by atoms with Crippen LogP contribution in [0.3, 0.4) is 0 Å². The van der Waals surface area contributed by atoms with Gasteiger partial charge in [0, 0.05) is 39.4 Å². The van der Waals surface area contributed by atoms with Crippen molar-refractivity contribution in [2.75, 3.05) is 26.2 Å². The molecule has 2 aliphatic heterocycles. The van der Waals surface area contributed by atoms with Gasteiger partial charge in [0.1, 0.15) is 5.69 Å². The minimum absolute atomic E-state index is 0.0268. The molecule has 0 aliphatic carbocycles. The molecule has 27 heavy (non-hydrogen) atoms. The van der Waals surface area contributed by atoms with E-state index in [0.717, 1.165) is 38.8 Å². The van der Waals surface area contributed by atoms with Crippen molar-refractivity contribution in [1.29, 1.82) is 0 Å². The Morgan fingerprint density at radius 1 is 1.15 bits per heavy atom. The third-order valence-corrected chi connectivity index (χ3v) is 6.02. The third-order valence-electron chi connectivity index (χ3n) is 6.02. The fraction of sp³-hybridized carbons (Fsp3) is 0.476. The molecule has 2 aliphatic rings. The van der Waals surface area contributed by atoms with Crippen LogP contribution in [0.15, 0.2) is 42.6 Å². The lowest BCUT2D eigenvalue weighted by Crippen LogP contribution is -2.51. The molecule has 3 heterocycles. The predicted octanol–water partition coefficient (Wildman–Crippen LogP) is 2.12. The van der Waals surface area contributed by atoms with Crippen molar-refractivity contribution in [3.63, 3.8) is 0 Å². The van der Waals surface area contributed by atoms with Gasteiger partial charge in [-0.15, -0.1) is 0 Å². The maximum absolute atomic E-state index is 13.3. The van der Waals surface area contributed by atoms with Gasteiger partial charge in [-0.2, -0.15) is 5.10 Å². The van der Waals surface area contributed by atoms with Gasteiger partial charge in [0.25, 0.3) is 5.91 Å². The number of aryl methyl sites for hydroxylation is 1. The van der Waals surface area contributed by atoms with Gasteiger partial charge in [-0.3, -0.25) is 14.3 Å². The van der Waals surface area contributed by atoms with Crippen LogP contribution in [-0.2, 0) is 18.3 Å². The first kappa shape index (κ1) is 17.8. The highest BCUT2D eigenvalue weighted by molar-refractivity contribution is 5.94. The Balaban J connectivity index is 1.43. The van der Waals surface area contributed by atoms with Crippen LogP contribution in [-0.4, -0.2) is 57.6 Å². The number of benzene rings is 1. The molecule has 0 bridgehead atoms. The Labute approximate surface area is 159 Å². The lowest BCUT2D eigenvalue weighted by molar-refractivity contribution is -0.145. The van der Waals surface area contributed by atoms with Crippen molar-refractivity contribution in [3.8, 4) is 0 Å². The monoisotopic (exact) mass is 366 g/mol. The SMILES string of the molecule is Cn1nccc1C(=O)N1CC[C@]2(CCCN(CCc3ccccc3)C2=O)C1. The highest BCUT2D eigenvalue weighted by Crippen LogP contribution is 2.40. The second-order valence-corrected chi connectivity index (χ2v) is 7.73. The number of rotatable bonds is 4. The lowest BCUT2D eigenvalue weighted by Gasteiger charge is -2.39. The molecule has 0 unspecified atom stereocenters. The van der Waals surface area contributed by atoms with Crippen molar-refractivity contribution >= 4 is 11.8 Å². The van der Waals surface area contributed by atoms with Crippen LogP contribution in [0.25, 0.3) is 0 Å². The summed E-state index contributed by atoms with van der Waals surface area (Å²) in [5.41, 5.74) is 1.43. The average molecular weight is 366 g/mol. The number of carbonyl (C=O) groups excluding carboxylic acids is 2. The Bertz CT molecular complexity index is 832. The zero-order valence-electron chi connectivity index (χ0n) is 15.8. The van der Waals surface area contributed by atoms with Crippen molar-refractivity contribution in [2.24, 2.45) is 12.5 Å². The average Bonchev–Trinajstić information content (AvgIpc) is 3.31. The second kappa shape index (κ2) is 7.18. The summed E-state index contributed by atoms with van der Waals surface area (Å²) >= 11 is 0. The van der Waals surface area contributed by atoms with Crippen LogP contribution >= 0.6 is 0 Å². The summed E-state index contributed by atoms with van der Waals surface area (Å²) in [7, 11) is 1.77. The van der Waals surface area contributed by atoms with Crippen LogP contribution < -0.4 is 0 Å². The molecule has 0 saturated carbocycles. The van der Waals surface area contributed by atoms with E-state index in [1.165, 1.54) is 5.56 Å². The number of hydrogen-bond acceptors (Lipinski definition) is 3. The number of amides is 2. The van der Waals surface area contributed by atoms with E-state index in [1.54, 1.807) is 24.0 Å². The van der Waals surface area contributed by atoms with E-state index in [9.17, 15) is 9.59 Å². The van der Waals surface area contributed by atoms with E-state index < -0.39 is 5.41 Å². The molecule has 2 aromatic rings. The number of nitrogens with zero attached hydrogens (tertiary/aromatic N) is 4. The summed E-state index contributed by atoms with van der Waals surface area (Å²) in [4.78, 5) is 29.9. The Hall–Kier alpha value is -2.63. The maximum Gasteiger partial charge on any atom is 0.272 e. The predicted molar refractivity (Wildman–Crippen MR) is 102 cm³/mol. The number of piperidine rings is 1. The normalized spacial score (nSPS) is 22.6. The summed E-state index contributed by atoms with van der Waals surface area (Å²) in [5, 5.41) is 4.09. The van der Waals surface area contributed by atoms with Gasteiger partial charge in [0.15, 0.2) is 0 Å². The molecule has 6 heteroatoms. The second-order valence-electron chi connectivity index (χ2n) is 7.73. The van der Waals surface area contributed by atoms with Crippen LogP contribution in [0.5, 0.6) is 0 Å². The molecule has 1 aromatic heterocycles. The molecule has 2 fully saturated rings. The van der Waals surface area contributed by atoms with Crippen LogP contribution in [0.4, 0.5) is 0 Å². The molecule has 0 N–H and O–H groups in total. The van der Waals surface area contributed by atoms with Gasteiger partial charge >= 0.3 is 0 Å². The lowest BCUT2D eigenvalue weighted by atomic mass is 9.78. The molecule has 142 valence electrons. The van der Waals surface area contributed by atoms with E-state index >= 15 is 0 Å². The Morgan fingerprint density at radius 3 is 2.70 bits per heavy atom. The molecular formula is C21H26N4O2. The maximum atomic E-state index is 13.3. The van der Waals surface area contributed by atoms with E-state index in [1.807, 2.05) is 28.0 Å². The van der Waals surface area contributed by atoms with Gasteiger partial charge in [0.05, 0.1) is 5.41 Å². The van der Waals surface area contributed by atoms with Crippen LogP contribution in [0.2, 0.25) is 0 Å². The van der Waals surface area contributed by atoms with Gasteiger partial charge < -0.3 is 9.80 Å². The van der Waals surface area contributed by atoms with E-state index in [4.69, 9.17) is 0 Å². The molecule has 6 nitrogen and oxygen atoms in total. The molecule has 2 saturated heterocycles.